The molecule has 1 aromatic heterocycles. The number of amides is 2. The smallest absolute Gasteiger partial charge is 0.410 e. The van der Waals surface area contributed by atoms with Crippen LogP contribution in [0.3, 0.4) is 0 Å². The van der Waals surface area contributed by atoms with Crippen LogP contribution in [0.4, 0.5) is 14.3 Å². The van der Waals surface area contributed by atoms with Crippen molar-refractivity contribution in [1.82, 2.24) is 20.0 Å². The number of benzene rings is 1. The van der Waals surface area contributed by atoms with Crippen LogP contribution in [0.2, 0.25) is 0 Å². The van der Waals surface area contributed by atoms with Crippen LogP contribution in [0.5, 0.6) is 0 Å². The lowest BCUT2D eigenvalue weighted by Crippen LogP contribution is -2.54. The third-order valence-electron chi connectivity index (χ3n) is 4.79. The molecule has 1 fully saturated rings. The standard InChI is InChI=1S/C21H28FN5O3S/c1-13-12-26(20(29)30-21(2,3)4)9-10-27(13)19-24-23-17(31-19)14-7-8-15(16(22)11-14)18(28)25(5)6/h7-8,11,13H,9-10,12H2,1-6H3. The molecule has 1 aliphatic heterocycles. The first-order valence-electron chi connectivity index (χ1n) is 10.1. The molecule has 1 saturated heterocycles. The highest BCUT2D eigenvalue weighted by Crippen LogP contribution is 2.32. The average molecular weight is 450 g/mol. The molecule has 31 heavy (non-hydrogen) atoms. The number of piperazine rings is 1. The fourth-order valence-corrected chi connectivity index (χ4v) is 4.21. The lowest BCUT2D eigenvalue weighted by Gasteiger charge is -2.39. The van der Waals surface area contributed by atoms with E-state index in [1.165, 1.54) is 28.4 Å². The minimum atomic E-state index is -0.590. The Morgan fingerprint density at radius 3 is 2.52 bits per heavy atom. The predicted octanol–water partition coefficient (Wildman–Crippen LogP) is 3.49. The molecule has 3 rings (SSSR count). The highest BCUT2D eigenvalue weighted by Gasteiger charge is 2.31. The summed E-state index contributed by atoms with van der Waals surface area (Å²) >= 11 is 1.35. The second-order valence-corrected chi connectivity index (χ2v) is 9.71. The summed E-state index contributed by atoms with van der Waals surface area (Å²) in [5.41, 5.74) is 0.0510. The summed E-state index contributed by atoms with van der Waals surface area (Å²) in [6, 6.07) is 4.48. The first kappa shape index (κ1) is 22.9. The summed E-state index contributed by atoms with van der Waals surface area (Å²) in [5.74, 6) is -0.981. The van der Waals surface area contributed by atoms with Gasteiger partial charge in [-0.05, 0) is 39.8 Å². The molecule has 1 atom stereocenters. The lowest BCUT2D eigenvalue weighted by molar-refractivity contribution is 0.0218. The van der Waals surface area contributed by atoms with Crippen molar-refractivity contribution in [3.8, 4) is 10.6 Å². The van der Waals surface area contributed by atoms with Gasteiger partial charge in [0.05, 0.1) is 5.56 Å². The summed E-state index contributed by atoms with van der Waals surface area (Å²) in [4.78, 5) is 29.5. The van der Waals surface area contributed by atoms with Crippen LogP contribution < -0.4 is 4.90 Å². The highest BCUT2D eigenvalue weighted by atomic mass is 32.1. The Kier molecular flexibility index (Phi) is 6.49. The Hall–Kier alpha value is -2.75. The maximum absolute atomic E-state index is 14.5. The molecule has 2 heterocycles. The zero-order chi connectivity index (χ0) is 22.9. The summed E-state index contributed by atoms with van der Waals surface area (Å²) in [6.45, 7) is 9.18. The van der Waals surface area contributed by atoms with E-state index in [9.17, 15) is 14.0 Å². The molecule has 0 aliphatic carbocycles. The maximum Gasteiger partial charge on any atom is 0.410 e. The molecular weight excluding hydrogens is 421 g/mol. The first-order valence-corrected chi connectivity index (χ1v) is 10.9. The number of hydrogen-bond acceptors (Lipinski definition) is 7. The summed E-state index contributed by atoms with van der Waals surface area (Å²) in [5, 5.41) is 9.76. The Morgan fingerprint density at radius 2 is 1.94 bits per heavy atom. The van der Waals surface area contributed by atoms with E-state index in [2.05, 4.69) is 15.1 Å². The first-order chi connectivity index (χ1) is 14.5. The predicted molar refractivity (Wildman–Crippen MR) is 118 cm³/mol. The molecule has 1 aliphatic rings. The molecular formula is C21H28FN5O3S. The number of rotatable bonds is 3. The van der Waals surface area contributed by atoms with Crippen LogP contribution in [0.15, 0.2) is 18.2 Å². The van der Waals surface area contributed by atoms with Crippen molar-refractivity contribution < 1.29 is 18.7 Å². The van der Waals surface area contributed by atoms with E-state index in [0.29, 0.717) is 35.3 Å². The second kappa shape index (κ2) is 8.78. The van der Waals surface area contributed by atoms with Gasteiger partial charge in [-0.15, -0.1) is 10.2 Å². The molecule has 168 valence electrons. The van der Waals surface area contributed by atoms with Crippen LogP contribution in [0, 0.1) is 5.82 Å². The van der Waals surface area contributed by atoms with E-state index in [4.69, 9.17) is 4.74 Å². The second-order valence-electron chi connectivity index (χ2n) is 8.75. The lowest BCUT2D eigenvalue weighted by atomic mass is 10.1. The molecule has 1 unspecified atom stereocenters. The molecule has 0 saturated carbocycles. The summed E-state index contributed by atoms with van der Waals surface area (Å²) < 4.78 is 19.9. The number of ether oxygens (including phenoxy) is 1. The van der Waals surface area contributed by atoms with E-state index in [-0.39, 0.29) is 17.7 Å². The summed E-state index contributed by atoms with van der Waals surface area (Å²) in [6.07, 6.45) is -0.320. The van der Waals surface area contributed by atoms with Gasteiger partial charge in [0, 0.05) is 45.3 Å². The third-order valence-corrected chi connectivity index (χ3v) is 5.80. The van der Waals surface area contributed by atoms with Crippen LogP contribution in [-0.4, -0.2) is 77.4 Å². The van der Waals surface area contributed by atoms with Gasteiger partial charge in [0.15, 0.2) is 0 Å². The number of carbonyl (C=O) groups excluding carboxylic acids is 2. The van der Waals surface area contributed by atoms with Crippen LogP contribution in [0.25, 0.3) is 10.6 Å². The quantitative estimate of drug-likeness (QED) is 0.714. The van der Waals surface area contributed by atoms with Gasteiger partial charge in [-0.3, -0.25) is 4.79 Å². The van der Waals surface area contributed by atoms with Crippen molar-refractivity contribution in [3.63, 3.8) is 0 Å². The Morgan fingerprint density at radius 1 is 1.23 bits per heavy atom. The SMILES string of the molecule is CC1CN(C(=O)OC(C)(C)C)CCN1c1nnc(-c2ccc(C(=O)N(C)C)c(F)c2)s1. The zero-order valence-electron chi connectivity index (χ0n) is 18.7. The highest BCUT2D eigenvalue weighted by molar-refractivity contribution is 7.18. The fourth-order valence-electron chi connectivity index (χ4n) is 3.24. The maximum atomic E-state index is 14.5. The monoisotopic (exact) mass is 449 g/mol. The summed E-state index contributed by atoms with van der Waals surface area (Å²) in [7, 11) is 3.16. The average Bonchev–Trinajstić information content (AvgIpc) is 3.15. The molecule has 0 radical (unpaired) electrons. The van der Waals surface area contributed by atoms with Crippen LogP contribution in [-0.2, 0) is 4.74 Å². The van der Waals surface area contributed by atoms with E-state index in [0.717, 1.165) is 0 Å². The number of halogens is 1. The molecule has 0 spiro atoms. The van der Waals surface area contributed by atoms with Gasteiger partial charge in [0.1, 0.15) is 16.4 Å². The van der Waals surface area contributed by atoms with Crippen molar-refractivity contribution in [2.45, 2.75) is 39.3 Å². The number of nitrogens with zero attached hydrogens (tertiary/aromatic N) is 5. The van der Waals surface area contributed by atoms with E-state index >= 15 is 0 Å². The van der Waals surface area contributed by atoms with Crippen molar-refractivity contribution in [1.29, 1.82) is 0 Å². The topological polar surface area (TPSA) is 78.9 Å². The molecule has 8 nitrogen and oxygen atoms in total. The Balaban J connectivity index is 1.71. The van der Waals surface area contributed by atoms with Gasteiger partial charge in [0.2, 0.25) is 5.13 Å². The van der Waals surface area contributed by atoms with Gasteiger partial charge in [-0.2, -0.15) is 0 Å². The minimum absolute atomic E-state index is 0.0189. The van der Waals surface area contributed by atoms with Crippen molar-refractivity contribution in [3.05, 3.63) is 29.6 Å². The number of carbonyl (C=O) groups is 2. The van der Waals surface area contributed by atoms with Gasteiger partial charge in [-0.1, -0.05) is 17.4 Å². The third kappa shape index (κ3) is 5.30. The van der Waals surface area contributed by atoms with Gasteiger partial charge >= 0.3 is 6.09 Å². The van der Waals surface area contributed by atoms with Crippen molar-refractivity contribution >= 4 is 28.5 Å². The largest absolute Gasteiger partial charge is 0.444 e. The Labute approximate surface area is 185 Å². The van der Waals surface area contributed by atoms with Crippen molar-refractivity contribution in [2.75, 3.05) is 38.6 Å². The van der Waals surface area contributed by atoms with Gasteiger partial charge < -0.3 is 19.4 Å². The van der Waals surface area contributed by atoms with E-state index < -0.39 is 17.3 Å². The van der Waals surface area contributed by atoms with E-state index in [1.807, 2.05) is 27.7 Å². The minimum Gasteiger partial charge on any atom is -0.444 e. The molecule has 2 aromatic rings. The van der Waals surface area contributed by atoms with E-state index in [1.54, 1.807) is 25.1 Å². The van der Waals surface area contributed by atoms with Crippen LogP contribution >= 0.6 is 11.3 Å². The molecule has 1 aromatic carbocycles. The van der Waals surface area contributed by atoms with Crippen LogP contribution in [0.1, 0.15) is 38.1 Å². The normalized spacial score (nSPS) is 16.9. The Bertz CT molecular complexity index is 972. The number of anilines is 1. The molecule has 2 amide bonds. The molecule has 0 N–H and O–H groups in total. The molecule has 0 bridgehead atoms. The fraction of sp³-hybridized carbons (Fsp3) is 0.524. The number of aromatic nitrogens is 2. The van der Waals surface area contributed by atoms with Gasteiger partial charge in [0.25, 0.3) is 5.91 Å². The van der Waals surface area contributed by atoms with Crippen molar-refractivity contribution in [2.24, 2.45) is 0 Å². The number of hydrogen-bond donors (Lipinski definition) is 0. The molecule has 10 heteroatoms. The van der Waals surface area contributed by atoms with Gasteiger partial charge in [-0.25, -0.2) is 9.18 Å². The zero-order valence-corrected chi connectivity index (χ0v) is 19.5.